The lowest BCUT2D eigenvalue weighted by Gasteiger charge is -2.27. The summed E-state index contributed by atoms with van der Waals surface area (Å²) in [5, 5.41) is 4.04. The molecule has 1 aromatic heterocycles. The lowest BCUT2D eigenvalue weighted by Crippen LogP contribution is -2.43. The van der Waals surface area contributed by atoms with Crippen LogP contribution in [-0.2, 0) is 4.79 Å². The first kappa shape index (κ1) is 15.0. The summed E-state index contributed by atoms with van der Waals surface area (Å²) in [6.45, 7) is 5.93. The van der Waals surface area contributed by atoms with E-state index >= 15 is 0 Å². The molecular weight excluding hydrogens is 310 g/mol. The summed E-state index contributed by atoms with van der Waals surface area (Å²) in [5.41, 5.74) is 0.630. The normalized spacial score (nSPS) is 30.9. The van der Waals surface area contributed by atoms with Crippen LogP contribution in [0.2, 0.25) is 0 Å². The maximum absolute atomic E-state index is 13.1. The zero-order chi connectivity index (χ0) is 16.0. The smallest absolute Gasteiger partial charge is 0.320 e. The quantitative estimate of drug-likeness (QED) is 0.793. The van der Waals surface area contributed by atoms with E-state index in [1.807, 2.05) is 31.5 Å². The van der Waals surface area contributed by atoms with Gasteiger partial charge in [0, 0.05) is 38.1 Å². The van der Waals surface area contributed by atoms with Gasteiger partial charge in [-0.2, -0.15) is 11.3 Å². The first-order chi connectivity index (χ1) is 11.1. The Balaban J connectivity index is 1.53. The van der Waals surface area contributed by atoms with Crippen LogP contribution in [0.5, 0.6) is 0 Å². The summed E-state index contributed by atoms with van der Waals surface area (Å²) < 4.78 is 0. The average molecular weight is 333 g/mol. The van der Waals surface area contributed by atoms with Gasteiger partial charge in [-0.3, -0.25) is 4.79 Å². The third kappa shape index (κ3) is 2.26. The fourth-order valence-corrected chi connectivity index (χ4v) is 5.01. The Hall–Kier alpha value is -1.56. The van der Waals surface area contributed by atoms with Gasteiger partial charge in [0.1, 0.15) is 0 Å². The molecule has 4 rings (SSSR count). The molecule has 0 saturated carbocycles. The minimum absolute atomic E-state index is 0.132. The highest BCUT2D eigenvalue weighted by molar-refractivity contribution is 7.08. The zero-order valence-corrected chi connectivity index (χ0v) is 14.3. The van der Waals surface area contributed by atoms with Gasteiger partial charge in [0.15, 0.2) is 0 Å². The number of likely N-dealkylation sites (tertiary alicyclic amines) is 2. The third-order valence-electron chi connectivity index (χ3n) is 5.83. The number of rotatable bonds is 1. The van der Waals surface area contributed by atoms with Gasteiger partial charge in [0.25, 0.3) is 0 Å². The number of anilines is 1. The summed E-state index contributed by atoms with van der Waals surface area (Å²) in [6, 6.07) is 2.14. The van der Waals surface area contributed by atoms with Gasteiger partial charge >= 0.3 is 6.03 Å². The number of amides is 3. The Labute approximate surface area is 140 Å². The van der Waals surface area contributed by atoms with E-state index in [2.05, 4.69) is 6.92 Å². The van der Waals surface area contributed by atoms with Crippen LogP contribution in [0.25, 0.3) is 0 Å². The highest BCUT2D eigenvalue weighted by Crippen LogP contribution is 2.46. The SMILES string of the molecule is C[C@@H]1CN(C(=O)N2CCCC2)C[C@]12CCN(c1ccsc1)C2=O. The van der Waals surface area contributed by atoms with Gasteiger partial charge in [-0.25, -0.2) is 4.79 Å². The van der Waals surface area contributed by atoms with E-state index in [1.54, 1.807) is 11.3 Å². The van der Waals surface area contributed by atoms with Gasteiger partial charge < -0.3 is 14.7 Å². The van der Waals surface area contributed by atoms with Crippen LogP contribution < -0.4 is 4.90 Å². The fraction of sp³-hybridized carbons (Fsp3) is 0.647. The molecule has 0 N–H and O–H groups in total. The summed E-state index contributed by atoms with van der Waals surface area (Å²) >= 11 is 1.62. The van der Waals surface area contributed by atoms with E-state index in [-0.39, 0.29) is 23.3 Å². The van der Waals surface area contributed by atoms with Crippen LogP contribution in [0, 0.1) is 11.3 Å². The van der Waals surface area contributed by atoms with Crippen LogP contribution >= 0.6 is 11.3 Å². The molecule has 23 heavy (non-hydrogen) atoms. The Bertz CT molecular complexity index is 611. The molecule has 6 heteroatoms. The minimum atomic E-state index is -0.378. The second kappa shape index (κ2) is 5.51. The first-order valence-electron chi connectivity index (χ1n) is 8.50. The van der Waals surface area contributed by atoms with Crippen LogP contribution in [0.4, 0.5) is 10.5 Å². The number of urea groups is 1. The van der Waals surface area contributed by atoms with Crippen molar-refractivity contribution in [3.63, 3.8) is 0 Å². The lowest BCUT2D eigenvalue weighted by molar-refractivity contribution is -0.126. The molecule has 3 aliphatic heterocycles. The first-order valence-corrected chi connectivity index (χ1v) is 9.44. The van der Waals surface area contributed by atoms with E-state index in [1.165, 1.54) is 0 Å². The molecule has 0 aliphatic carbocycles. The van der Waals surface area contributed by atoms with Crippen molar-refractivity contribution < 1.29 is 9.59 Å². The number of carbonyl (C=O) groups excluding carboxylic acids is 2. The molecule has 3 saturated heterocycles. The monoisotopic (exact) mass is 333 g/mol. The van der Waals surface area contributed by atoms with Gasteiger partial charge in [-0.05, 0) is 36.6 Å². The highest BCUT2D eigenvalue weighted by Gasteiger charge is 2.56. The Morgan fingerprint density at radius 2 is 2.04 bits per heavy atom. The molecule has 3 aliphatic rings. The van der Waals surface area contributed by atoms with Crippen molar-refractivity contribution in [2.45, 2.75) is 26.2 Å². The topological polar surface area (TPSA) is 43.9 Å². The summed E-state index contributed by atoms with van der Waals surface area (Å²) in [6.07, 6.45) is 3.06. The molecular formula is C17H23N3O2S. The summed E-state index contributed by atoms with van der Waals surface area (Å²) in [7, 11) is 0. The van der Waals surface area contributed by atoms with Crippen molar-refractivity contribution in [3.8, 4) is 0 Å². The zero-order valence-electron chi connectivity index (χ0n) is 13.5. The van der Waals surface area contributed by atoms with E-state index in [0.717, 1.165) is 44.6 Å². The molecule has 4 heterocycles. The highest BCUT2D eigenvalue weighted by atomic mass is 32.1. The lowest BCUT2D eigenvalue weighted by atomic mass is 9.78. The van der Waals surface area contributed by atoms with E-state index in [9.17, 15) is 9.59 Å². The average Bonchev–Trinajstić information content (AvgIpc) is 3.31. The molecule has 0 bridgehead atoms. The minimum Gasteiger partial charge on any atom is -0.325 e. The van der Waals surface area contributed by atoms with E-state index in [0.29, 0.717) is 13.1 Å². The van der Waals surface area contributed by atoms with Gasteiger partial charge in [-0.15, -0.1) is 0 Å². The van der Waals surface area contributed by atoms with Crippen molar-refractivity contribution in [2.75, 3.05) is 37.6 Å². The van der Waals surface area contributed by atoms with Gasteiger partial charge in [-0.1, -0.05) is 6.92 Å². The Morgan fingerprint density at radius 3 is 2.74 bits per heavy atom. The molecule has 3 amide bonds. The number of nitrogens with zero attached hydrogens (tertiary/aromatic N) is 3. The fourth-order valence-electron chi connectivity index (χ4n) is 4.37. The predicted octanol–water partition coefficient (Wildman–Crippen LogP) is 2.64. The molecule has 1 aromatic rings. The summed E-state index contributed by atoms with van der Waals surface area (Å²) in [5.74, 6) is 0.435. The maximum Gasteiger partial charge on any atom is 0.320 e. The van der Waals surface area contributed by atoms with Gasteiger partial charge in [0.2, 0.25) is 5.91 Å². The van der Waals surface area contributed by atoms with Crippen LogP contribution in [0.3, 0.4) is 0 Å². The maximum atomic E-state index is 13.1. The Morgan fingerprint density at radius 1 is 1.26 bits per heavy atom. The molecule has 0 radical (unpaired) electrons. The molecule has 2 atom stereocenters. The van der Waals surface area contributed by atoms with Crippen LogP contribution in [0.1, 0.15) is 26.2 Å². The number of carbonyl (C=O) groups is 2. The molecule has 1 spiro atoms. The third-order valence-corrected chi connectivity index (χ3v) is 6.50. The predicted molar refractivity (Wildman–Crippen MR) is 90.7 cm³/mol. The molecule has 5 nitrogen and oxygen atoms in total. The van der Waals surface area contributed by atoms with Crippen molar-refractivity contribution in [2.24, 2.45) is 11.3 Å². The van der Waals surface area contributed by atoms with Crippen molar-refractivity contribution in [3.05, 3.63) is 16.8 Å². The standard InChI is InChI=1S/C17H23N3O2S/c1-13-10-19(16(22)18-6-2-3-7-18)12-17(13)5-8-20(15(17)21)14-4-9-23-11-14/h4,9,11,13H,2-3,5-8,10,12H2,1H3/t13-,17-/m1/s1. The number of hydrogen-bond acceptors (Lipinski definition) is 3. The van der Waals surface area contributed by atoms with Crippen LogP contribution in [0.15, 0.2) is 16.8 Å². The molecule has 3 fully saturated rings. The number of thiophene rings is 1. The van der Waals surface area contributed by atoms with Crippen LogP contribution in [-0.4, -0.2) is 54.5 Å². The van der Waals surface area contributed by atoms with Crippen molar-refractivity contribution >= 4 is 29.0 Å². The van der Waals surface area contributed by atoms with Gasteiger partial charge in [0.05, 0.1) is 11.1 Å². The number of hydrogen-bond donors (Lipinski definition) is 0. The second-order valence-electron chi connectivity index (χ2n) is 7.10. The largest absolute Gasteiger partial charge is 0.325 e. The summed E-state index contributed by atoms with van der Waals surface area (Å²) in [4.78, 5) is 31.6. The molecule has 0 unspecified atom stereocenters. The van der Waals surface area contributed by atoms with E-state index < -0.39 is 0 Å². The van der Waals surface area contributed by atoms with Crippen molar-refractivity contribution in [1.82, 2.24) is 9.80 Å². The molecule has 0 aromatic carbocycles. The molecule has 124 valence electrons. The van der Waals surface area contributed by atoms with E-state index in [4.69, 9.17) is 0 Å². The van der Waals surface area contributed by atoms with Crippen molar-refractivity contribution in [1.29, 1.82) is 0 Å². The Kier molecular flexibility index (Phi) is 3.59. The second-order valence-corrected chi connectivity index (χ2v) is 7.88.